The summed E-state index contributed by atoms with van der Waals surface area (Å²) in [4.78, 5) is 52.2. The van der Waals surface area contributed by atoms with Crippen molar-refractivity contribution in [2.75, 3.05) is 12.4 Å². The van der Waals surface area contributed by atoms with Crippen molar-refractivity contribution in [3.8, 4) is 5.75 Å². The van der Waals surface area contributed by atoms with Crippen molar-refractivity contribution in [2.24, 2.45) is 5.92 Å². The Morgan fingerprint density at radius 2 is 1.88 bits per heavy atom. The molecule has 1 aromatic heterocycles. The molecule has 2 aliphatic rings. The summed E-state index contributed by atoms with van der Waals surface area (Å²) in [5, 5.41) is 6.96. The van der Waals surface area contributed by atoms with Crippen LogP contribution in [0.1, 0.15) is 40.6 Å². The number of nitrogens with one attached hydrogen (secondary N) is 1. The number of ketones is 1. The molecular weight excluding hydrogens is 540 g/mol. The Balaban J connectivity index is 1.39. The van der Waals surface area contributed by atoms with Gasteiger partial charge in [0.25, 0.3) is 0 Å². The Labute approximate surface area is 223 Å². The molecule has 2 fully saturated rings. The SMILES string of the molecule is COC(=O)c1ccc2c(C(C)=O)nn(CC(=O)N3[C@@H]4C[C@@H]4C[C@H]3C(=O)Nc3cccc(OC(F)(F)F)c3F)c2c1. The third-order valence-electron chi connectivity index (χ3n) is 6.93. The number of nitrogens with zero attached hydrogens (tertiary/aromatic N) is 3. The number of amides is 2. The number of piperidine rings is 1. The second kappa shape index (κ2) is 9.92. The summed E-state index contributed by atoms with van der Waals surface area (Å²) in [6.45, 7) is 0.941. The minimum absolute atomic E-state index is 0.0394. The van der Waals surface area contributed by atoms with Crippen LogP contribution in [-0.4, -0.2) is 63.8 Å². The lowest BCUT2D eigenvalue weighted by Crippen LogP contribution is -2.46. The van der Waals surface area contributed by atoms with E-state index in [1.165, 1.54) is 41.8 Å². The Hall–Kier alpha value is -4.49. The van der Waals surface area contributed by atoms with Crippen molar-refractivity contribution >= 4 is 40.2 Å². The number of Topliss-reactive ketones (excluding diaryl/α,β-unsaturated/α-hetero) is 1. The molecule has 1 aliphatic heterocycles. The Morgan fingerprint density at radius 3 is 2.55 bits per heavy atom. The lowest BCUT2D eigenvalue weighted by molar-refractivity contribution is -0.275. The van der Waals surface area contributed by atoms with Gasteiger partial charge in [-0.25, -0.2) is 9.18 Å². The fraction of sp³-hybridized carbons (Fsp3) is 0.346. The van der Waals surface area contributed by atoms with Gasteiger partial charge in [0.15, 0.2) is 17.3 Å². The summed E-state index contributed by atoms with van der Waals surface area (Å²) >= 11 is 0. The molecule has 0 unspecified atom stereocenters. The van der Waals surface area contributed by atoms with E-state index in [1.807, 2.05) is 0 Å². The molecule has 2 aromatic carbocycles. The first-order chi connectivity index (χ1) is 18.9. The normalized spacial score (nSPS) is 19.8. The molecule has 3 atom stereocenters. The molecule has 1 N–H and O–H groups in total. The van der Waals surface area contributed by atoms with Crippen molar-refractivity contribution in [1.29, 1.82) is 0 Å². The maximum Gasteiger partial charge on any atom is 0.573 e. The van der Waals surface area contributed by atoms with Crippen LogP contribution >= 0.6 is 0 Å². The van der Waals surface area contributed by atoms with Gasteiger partial charge in [0.1, 0.15) is 18.3 Å². The number of ether oxygens (including phenoxy) is 2. The molecule has 40 heavy (non-hydrogen) atoms. The smallest absolute Gasteiger partial charge is 0.465 e. The number of halogens is 4. The molecule has 3 aromatic rings. The van der Waals surface area contributed by atoms with E-state index in [9.17, 15) is 36.7 Å². The molecule has 0 spiro atoms. The van der Waals surface area contributed by atoms with E-state index in [0.29, 0.717) is 17.3 Å². The molecule has 1 saturated heterocycles. The van der Waals surface area contributed by atoms with Crippen molar-refractivity contribution < 1.29 is 46.2 Å². The first kappa shape index (κ1) is 27.1. The van der Waals surface area contributed by atoms with E-state index in [2.05, 4.69) is 15.2 Å². The lowest BCUT2D eigenvalue weighted by Gasteiger charge is -2.27. The Kier molecular flexibility index (Phi) is 6.72. The van der Waals surface area contributed by atoms with Gasteiger partial charge < -0.3 is 19.7 Å². The number of esters is 1. The minimum atomic E-state index is -5.13. The summed E-state index contributed by atoms with van der Waals surface area (Å²) in [6.07, 6.45) is -4.19. The monoisotopic (exact) mass is 562 g/mol. The fourth-order valence-corrected chi connectivity index (χ4v) is 5.09. The average molecular weight is 562 g/mol. The van der Waals surface area contributed by atoms with Gasteiger partial charge in [0.05, 0.1) is 23.9 Å². The van der Waals surface area contributed by atoms with Crippen molar-refractivity contribution in [1.82, 2.24) is 14.7 Å². The summed E-state index contributed by atoms with van der Waals surface area (Å²) < 4.78 is 62.0. The maximum absolute atomic E-state index is 14.6. The first-order valence-corrected chi connectivity index (χ1v) is 12.1. The fourth-order valence-electron chi connectivity index (χ4n) is 5.09. The highest BCUT2D eigenvalue weighted by Gasteiger charge is 2.56. The van der Waals surface area contributed by atoms with Crippen molar-refractivity contribution in [3.05, 3.63) is 53.5 Å². The number of fused-ring (bicyclic) bond motifs is 2. The largest absolute Gasteiger partial charge is 0.573 e. The number of methoxy groups -OCH3 is 1. The first-order valence-electron chi connectivity index (χ1n) is 12.1. The van der Waals surface area contributed by atoms with Gasteiger partial charge in [0, 0.05) is 18.4 Å². The second-order valence-corrected chi connectivity index (χ2v) is 9.56. The van der Waals surface area contributed by atoms with Crippen LogP contribution in [0.25, 0.3) is 10.9 Å². The van der Waals surface area contributed by atoms with Crippen LogP contribution in [0.5, 0.6) is 5.75 Å². The standard InChI is InChI=1S/C26H22F4N4O6/c1-12(35)23-15-7-6-13(25(38)39-2)8-18(15)33(32-23)11-21(36)34-17-9-14(17)10-19(34)24(37)31-16-4-3-5-20(22(16)27)40-26(28,29)30/h3-8,14,17,19H,9-11H2,1-2H3,(H,31,37)/t14-,17-,19+/m1/s1. The van der Waals surface area contributed by atoms with E-state index in [-0.39, 0.29) is 42.0 Å². The van der Waals surface area contributed by atoms with E-state index in [0.717, 1.165) is 18.2 Å². The number of carbonyl (C=O) groups excluding carboxylic acids is 4. The van der Waals surface area contributed by atoms with E-state index in [4.69, 9.17) is 4.74 Å². The molecule has 1 saturated carbocycles. The number of aromatic nitrogens is 2. The molecule has 0 radical (unpaired) electrons. The number of hydrogen-bond donors (Lipinski definition) is 1. The van der Waals surface area contributed by atoms with Crippen molar-refractivity contribution in [2.45, 2.75) is 44.8 Å². The lowest BCUT2D eigenvalue weighted by atomic mass is 10.1. The summed E-state index contributed by atoms with van der Waals surface area (Å²) in [5.74, 6) is -4.74. The Bertz CT molecular complexity index is 1550. The number of carbonyl (C=O) groups is 4. The molecule has 5 rings (SSSR count). The second-order valence-electron chi connectivity index (χ2n) is 9.56. The van der Waals surface area contributed by atoms with E-state index >= 15 is 0 Å². The molecule has 14 heteroatoms. The number of anilines is 1. The van der Waals surface area contributed by atoms with Gasteiger partial charge in [-0.05, 0) is 49.1 Å². The molecule has 2 heterocycles. The zero-order valence-electron chi connectivity index (χ0n) is 21.1. The molecule has 10 nitrogen and oxygen atoms in total. The van der Waals surface area contributed by atoms with Gasteiger partial charge in [0.2, 0.25) is 11.8 Å². The predicted octanol–water partition coefficient (Wildman–Crippen LogP) is 3.69. The highest BCUT2D eigenvalue weighted by Crippen LogP contribution is 2.48. The van der Waals surface area contributed by atoms with Crippen LogP contribution < -0.4 is 10.1 Å². The van der Waals surface area contributed by atoms with Crippen LogP contribution in [0.15, 0.2) is 36.4 Å². The highest BCUT2D eigenvalue weighted by atomic mass is 19.4. The van der Waals surface area contributed by atoms with Gasteiger partial charge in [-0.15, -0.1) is 13.2 Å². The van der Waals surface area contributed by atoms with E-state index < -0.39 is 47.4 Å². The predicted molar refractivity (Wildman–Crippen MR) is 130 cm³/mol. The number of benzene rings is 2. The summed E-state index contributed by atoms with van der Waals surface area (Å²) in [5.41, 5.74) is 0.0746. The highest BCUT2D eigenvalue weighted by molar-refractivity contribution is 6.06. The Morgan fingerprint density at radius 1 is 1.12 bits per heavy atom. The number of alkyl halides is 3. The van der Waals surface area contributed by atoms with Crippen LogP contribution in [-0.2, 0) is 20.9 Å². The average Bonchev–Trinajstić information content (AvgIpc) is 3.40. The van der Waals surface area contributed by atoms with Crippen LogP contribution in [0.4, 0.5) is 23.2 Å². The van der Waals surface area contributed by atoms with E-state index in [1.54, 1.807) is 0 Å². The third kappa shape index (κ3) is 5.08. The number of rotatable bonds is 7. The van der Waals surface area contributed by atoms with Gasteiger partial charge in [-0.1, -0.05) is 6.07 Å². The molecule has 2 amide bonds. The quantitative estimate of drug-likeness (QED) is 0.265. The van der Waals surface area contributed by atoms with Crippen LogP contribution in [0, 0.1) is 11.7 Å². The third-order valence-corrected chi connectivity index (χ3v) is 6.93. The van der Waals surface area contributed by atoms with Crippen LogP contribution in [0.2, 0.25) is 0 Å². The number of hydrogen-bond acceptors (Lipinski definition) is 7. The van der Waals surface area contributed by atoms with Gasteiger partial charge >= 0.3 is 12.3 Å². The topological polar surface area (TPSA) is 120 Å². The summed E-state index contributed by atoms with van der Waals surface area (Å²) in [7, 11) is 1.21. The maximum atomic E-state index is 14.6. The molecule has 210 valence electrons. The molecule has 1 aliphatic carbocycles. The van der Waals surface area contributed by atoms with Gasteiger partial charge in [-0.3, -0.25) is 19.1 Å². The molecular formula is C26H22F4N4O6. The van der Waals surface area contributed by atoms with Crippen LogP contribution in [0.3, 0.4) is 0 Å². The zero-order chi connectivity index (χ0) is 28.9. The van der Waals surface area contributed by atoms with Gasteiger partial charge in [-0.2, -0.15) is 5.10 Å². The number of likely N-dealkylation sites (tertiary alicyclic amines) is 1. The zero-order valence-corrected chi connectivity index (χ0v) is 21.1. The summed E-state index contributed by atoms with van der Waals surface area (Å²) in [6, 6.07) is 6.13. The van der Waals surface area contributed by atoms with Crippen molar-refractivity contribution in [3.63, 3.8) is 0 Å². The molecule has 0 bridgehead atoms. The minimum Gasteiger partial charge on any atom is -0.465 e.